The predicted octanol–water partition coefficient (Wildman–Crippen LogP) is 4.39. The predicted molar refractivity (Wildman–Crippen MR) is 114 cm³/mol. The molecule has 144 valence electrons. The maximum atomic E-state index is 9.08. The maximum Gasteiger partial charge on any atom is 0.135 e. The number of nitriles is 1. The lowest BCUT2D eigenvalue weighted by molar-refractivity contribution is 0.269. The number of rotatable bonds is 4. The Hall–Kier alpha value is -1.86. The Balaban J connectivity index is 1.53. The van der Waals surface area contributed by atoms with Gasteiger partial charge in [0, 0.05) is 24.6 Å². The summed E-state index contributed by atoms with van der Waals surface area (Å²) in [5, 5.41) is 10.3. The van der Waals surface area contributed by atoms with Crippen molar-refractivity contribution in [3.8, 4) is 17.9 Å². The summed E-state index contributed by atoms with van der Waals surface area (Å²) in [6.45, 7) is 7.98. The molecule has 2 fully saturated rings. The minimum Gasteiger partial charge on any atom is -0.302 e. The van der Waals surface area contributed by atoms with Gasteiger partial charge < -0.3 is 4.90 Å². The first-order valence-electron chi connectivity index (χ1n) is 9.87. The second kappa shape index (κ2) is 8.66. The number of hydrogen-bond donors (Lipinski definition) is 0. The zero-order valence-electron chi connectivity index (χ0n) is 16.3. The topological polar surface area (TPSA) is 52.8 Å². The van der Waals surface area contributed by atoms with Crippen LogP contribution in [-0.4, -0.2) is 38.5 Å². The first-order chi connectivity index (χ1) is 13.6. The van der Waals surface area contributed by atoms with Gasteiger partial charge in [-0.2, -0.15) is 14.0 Å². The number of aromatic nitrogens is 2. The van der Waals surface area contributed by atoms with E-state index in [0.29, 0.717) is 17.4 Å². The van der Waals surface area contributed by atoms with Crippen LogP contribution < -0.4 is 0 Å². The number of hydrogen-bond acceptors (Lipinski definition) is 6. The van der Waals surface area contributed by atoms with Crippen LogP contribution in [0.15, 0.2) is 29.3 Å². The fourth-order valence-electron chi connectivity index (χ4n) is 4.09. The number of benzene rings is 1. The average molecular weight is 409 g/mol. The summed E-state index contributed by atoms with van der Waals surface area (Å²) in [4.78, 5) is 2.58. The fraction of sp³-hybridized carbons (Fsp3) is 0.500. The summed E-state index contributed by atoms with van der Waals surface area (Å²) in [5.74, 6) is 8.34. The van der Waals surface area contributed by atoms with E-state index in [1.165, 1.54) is 43.4 Å². The van der Waals surface area contributed by atoms with E-state index < -0.39 is 0 Å². The van der Waals surface area contributed by atoms with E-state index in [9.17, 15) is 0 Å². The van der Waals surface area contributed by atoms with Crippen LogP contribution in [0.25, 0.3) is 0 Å². The quantitative estimate of drug-likeness (QED) is 0.555. The molecule has 2 saturated heterocycles. The standard InChI is InChI=1S/C22H24N4S2/c1-15(2)20(9-8-16-5-3-6-17(11-16)12-23)27-22-21(24-28-25-22)19-14-26-10-4-7-18(19)13-26/h3,5-6,11,15,18-20H,4,7,10,13-14H2,1-2H3/t18-,19-,20-/m0/s1. The van der Waals surface area contributed by atoms with Gasteiger partial charge >= 0.3 is 0 Å². The Morgan fingerprint density at radius 1 is 1.25 bits per heavy atom. The molecule has 0 N–H and O–H groups in total. The van der Waals surface area contributed by atoms with Gasteiger partial charge in [0.05, 0.1) is 34.3 Å². The van der Waals surface area contributed by atoms with E-state index >= 15 is 0 Å². The smallest absolute Gasteiger partial charge is 0.135 e. The highest BCUT2D eigenvalue weighted by Gasteiger charge is 2.39. The van der Waals surface area contributed by atoms with E-state index in [0.717, 1.165) is 23.1 Å². The average Bonchev–Trinajstić information content (AvgIpc) is 3.28. The third-order valence-corrected chi connectivity index (χ3v) is 7.69. The van der Waals surface area contributed by atoms with Crippen LogP contribution in [0.5, 0.6) is 0 Å². The molecule has 0 spiro atoms. The van der Waals surface area contributed by atoms with Crippen LogP contribution in [0.4, 0.5) is 0 Å². The SMILES string of the molecule is CC(C)[C@H](C#Cc1cccc(C#N)c1)Sc1nsnc1[C@H]1CN2CCC[C@H]1C2. The molecule has 4 atom stereocenters. The molecule has 0 aliphatic carbocycles. The Morgan fingerprint density at radius 2 is 2.11 bits per heavy atom. The third-order valence-electron chi connectivity index (χ3n) is 5.59. The normalized spacial score (nSPS) is 24.4. The fourth-order valence-corrected chi connectivity index (χ4v) is 5.89. The van der Waals surface area contributed by atoms with Crippen molar-refractivity contribution >= 4 is 23.5 Å². The van der Waals surface area contributed by atoms with Crippen molar-refractivity contribution in [1.29, 1.82) is 5.26 Å². The molecule has 1 unspecified atom stereocenters. The first kappa shape index (κ1) is 19.5. The Morgan fingerprint density at radius 3 is 2.89 bits per heavy atom. The monoisotopic (exact) mass is 408 g/mol. The molecule has 6 heteroatoms. The zero-order valence-corrected chi connectivity index (χ0v) is 17.9. The van der Waals surface area contributed by atoms with Crippen molar-refractivity contribution in [3.63, 3.8) is 0 Å². The van der Waals surface area contributed by atoms with Crippen LogP contribution in [0.3, 0.4) is 0 Å². The van der Waals surface area contributed by atoms with Crippen LogP contribution in [0.2, 0.25) is 0 Å². The van der Waals surface area contributed by atoms with Crippen molar-refractivity contribution in [1.82, 2.24) is 13.6 Å². The molecule has 1 aromatic carbocycles. The minimum atomic E-state index is 0.148. The number of piperidine rings is 1. The van der Waals surface area contributed by atoms with Crippen molar-refractivity contribution in [2.45, 2.75) is 42.9 Å². The molecule has 2 aliphatic heterocycles. The molecule has 28 heavy (non-hydrogen) atoms. The zero-order chi connectivity index (χ0) is 19.5. The number of nitrogens with zero attached hydrogens (tertiary/aromatic N) is 4. The van der Waals surface area contributed by atoms with Gasteiger partial charge in [-0.1, -0.05) is 43.5 Å². The van der Waals surface area contributed by atoms with Gasteiger partial charge in [0.15, 0.2) is 0 Å². The number of fused-ring (bicyclic) bond motifs is 2. The van der Waals surface area contributed by atoms with Gasteiger partial charge in [0.2, 0.25) is 0 Å². The Kier molecular flexibility index (Phi) is 6.01. The van der Waals surface area contributed by atoms with Crippen molar-refractivity contribution in [2.24, 2.45) is 11.8 Å². The van der Waals surface area contributed by atoms with Crippen LogP contribution in [0.1, 0.15) is 49.4 Å². The highest BCUT2D eigenvalue weighted by Crippen LogP contribution is 2.42. The van der Waals surface area contributed by atoms with Crippen LogP contribution in [0, 0.1) is 35.0 Å². The largest absolute Gasteiger partial charge is 0.302 e. The van der Waals surface area contributed by atoms with Crippen LogP contribution >= 0.6 is 23.5 Å². The van der Waals surface area contributed by atoms with E-state index in [1.54, 1.807) is 17.8 Å². The first-order valence-corrected chi connectivity index (χ1v) is 11.5. The summed E-state index contributed by atoms with van der Waals surface area (Å²) < 4.78 is 9.35. The van der Waals surface area contributed by atoms with Gasteiger partial charge in [0.1, 0.15) is 5.03 Å². The minimum absolute atomic E-state index is 0.148. The third kappa shape index (κ3) is 4.25. The molecule has 4 rings (SSSR count). The van der Waals surface area contributed by atoms with Gasteiger partial charge in [0.25, 0.3) is 0 Å². The highest BCUT2D eigenvalue weighted by atomic mass is 32.2. The molecule has 4 nitrogen and oxygen atoms in total. The summed E-state index contributed by atoms with van der Waals surface area (Å²) in [6, 6.07) is 9.67. The van der Waals surface area contributed by atoms with E-state index in [-0.39, 0.29) is 5.25 Å². The van der Waals surface area contributed by atoms with E-state index in [4.69, 9.17) is 9.64 Å². The summed E-state index contributed by atoms with van der Waals surface area (Å²) >= 11 is 3.10. The molecule has 1 aromatic heterocycles. The maximum absolute atomic E-state index is 9.08. The second-order valence-corrected chi connectivity index (χ2v) is 9.63. The second-order valence-electron chi connectivity index (χ2n) is 7.97. The van der Waals surface area contributed by atoms with Crippen molar-refractivity contribution < 1.29 is 0 Å². The van der Waals surface area contributed by atoms with Gasteiger partial charge in [-0.3, -0.25) is 0 Å². The lowest BCUT2D eigenvalue weighted by Crippen LogP contribution is -2.25. The molecular weight excluding hydrogens is 384 g/mol. The molecule has 0 saturated carbocycles. The lowest BCUT2D eigenvalue weighted by atomic mass is 9.89. The molecule has 2 bridgehead atoms. The molecule has 0 radical (unpaired) electrons. The Bertz CT molecular complexity index is 934. The number of thioether (sulfide) groups is 1. The molecule has 2 aliphatic rings. The molecule has 2 aromatic rings. The van der Waals surface area contributed by atoms with Crippen molar-refractivity contribution in [2.75, 3.05) is 19.6 Å². The van der Waals surface area contributed by atoms with Crippen molar-refractivity contribution in [3.05, 3.63) is 41.1 Å². The lowest BCUT2D eigenvalue weighted by Gasteiger charge is -2.21. The Labute approximate surface area is 175 Å². The highest BCUT2D eigenvalue weighted by molar-refractivity contribution is 8.00. The summed E-state index contributed by atoms with van der Waals surface area (Å²) in [5.41, 5.74) is 2.73. The van der Waals surface area contributed by atoms with E-state index in [2.05, 4.69) is 41.0 Å². The van der Waals surface area contributed by atoms with Gasteiger partial charge in [-0.05, 0) is 49.4 Å². The molecule has 0 amide bonds. The van der Waals surface area contributed by atoms with Gasteiger partial charge in [-0.15, -0.1) is 0 Å². The van der Waals surface area contributed by atoms with Gasteiger partial charge in [-0.25, -0.2) is 0 Å². The summed E-state index contributed by atoms with van der Waals surface area (Å²) in [7, 11) is 0. The van der Waals surface area contributed by atoms with E-state index in [1.807, 2.05) is 18.2 Å². The molecule has 3 heterocycles. The summed E-state index contributed by atoms with van der Waals surface area (Å²) in [6.07, 6.45) is 2.62. The van der Waals surface area contributed by atoms with Crippen LogP contribution in [-0.2, 0) is 0 Å². The molecular formula is C22H24N4S2.